The molecular weight excluding hydrogens is 298 g/mol. The zero-order chi connectivity index (χ0) is 15.4. The van der Waals surface area contributed by atoms with Crippen LogP contribution in [-0.2, 0) is 16.6 Å². The lowest BCUT2D eigenvalue weighted by Crippen LogP contribution is -2.25. The van der Waals surface area contributed by atoms with E-state index in [1.165, 1.54) is 0 Å². The largest absolute Gasteiger partial charge is 0.337 e. The van der Waals surface area contributed by atoms with Gasteiger partial charge in [-0.15, -0.1) is 0 Å². The molecule has 0 spiro atoms. The monoisotopic (exact) mass is 315 g/mol. The quantitative estimate of drug-likeness (QED) is 0.710. The van der Waals surface area contributed by atoms with Gasteiger partial charge in [0.1, 0.15) is 0 Å². The van der Waals surface area contributed by atoms with E-state index < -0.39 is 10.0 Å². The average molecular weight is 315 g/mol. The molecule has 3 rings (SSSR count). The lowest BCUT2D eigenvalue weighted by Gasteiger charge is -2.09. The van der Waals surface area contributed by atoms with Gasteiger partial charge in [-0.1, -0.05) is 36.4 Å². The van der Waals surface area contributed by atoms with E-state index in [9.17, 15) is 8.42 Å². The molecule has 0 saturated heterocycles. The number of hydrogen-bond acceptors (Lipinski definition) is 3. The highest BCUT2D eigenvalue weighted by molar-refractivity contribution is 7.89. The summed E-state index contributed by atoms with van der Waals surface area (Å²) < 4.78 is 29.5. The van der Waals surface area contributed by atoms with Gasteiger partial charge in [0.05, 0.1) is 11.2 Å². The van der Waals surface area contributed by atoms with Crippen LogP contribution in [0.4, 0.5) is 0 Å². The summed E-state index contributed by atoms with van der Waals surface area (Å²) in [4.78, 5) is 4.28. The number of aromatic nitrogens is 2. The third-order valence-corrected chi connectivity index (χ3v) is 5.00. The second kappa shape index (κ2) is 6.29. The van der Waals surface area contributed by atoms with E-state index in [0.717, 1.165) is 17.3 Å². The van der Waals surface area contributed by atoms with Gasteiger partial charge in [0, 0.05) is 30.9 Å². The number of imidazole rings is 1. The third kappa shape index (κ3) is 3.18. The molecule has 5 nitrogen and oxygen atoms in total. The molecule has 0 aliphatic carbocycles. The van der Waals surface area contributed by atoms with Gasteiger partial charge in [0.25, 0.3) is 0 Å². The Bertz CT molecular complexity index is 853. The van der Waals surface area contributed by atoms with Crippen molar-refractivity contribution in [3.8, 4) is 0 Å². The molecule has 0 saturated carbocycles. The number of rotatable bonds is 6. The zero-order valence-electron chi connectivity index (χ0n) is 12.0. The number of aryl methyl sites for hydroxylation is 1. The fourth-order valence-electron chi connectivity index (χ4n) is 2.39. The fourth-order valence-corrected chi connectivity index (χ4v) is 3.70. The molecule has 1 N–H and O–H groups in total. The molecule has 0 atom stereocenters. The highest BCUT2D eigenvalue weighted by atomic mass is 32.2. The standard InChI is InChI=1S/C16H17N3O2S/c20-22(21,18-9-4-11-19-12-10-17-13-19)16-8-3-6-14-5-1-2-7-15(14)16/h1-3,5-8,10,12-13,18H,4,9,11H2. The van der Waals surface area contributed by atoms with E-state index in [4.69, 9.17) is 0 Å². The van der Waals surface area contributed by atoms with Crippen LogP contribution in [0.25, 0.3) is 10.8 Å². The van der Waals surface area contributed by atoms with Crippen molar-refractivity contribution in [2.24, 2.45) is 0 Å². The first-order valence-electron chi connectivity index (χ1n) is 7.10. The normalized spacial score (nSPS) is 11.8. The second-order valence-electron chi connectivity index (χ2n) is 5.03. The third-order valence-electron chi connectivity index (χ3n) is 3.48. The summed E-state index contributed by atoms with van der Waals surface area (Å²) in [5.74, 6) is 0. The van der Waals surface area contributed by atoms with Gasteiger partial charge in [0.2, 0.25) is 10.0 Å². The van der Waals surface area contributed by atoms with Gasteiger partial charge >= 0.3 is 0 Å². The molecular formula is C16H17N3O2S. The molecule has 3 aromatic rings. The Balaban J connectivity index is 1.72. The number of benzene rings is 2. The van der Waals surface area contributed by atoms with Crippen molar-refractivity contribution in [1.29, 1.82) is 0 Å². The van der Waals surface area contributed by atoms with Gasteiger partial charge in [-0.2, -0.15) is 0 Å². The molecule has 1 aromatic heterocycles. The van der Waals surface area contributed by atoms with Crippen molar-refractivity contribution in [3.63, 3.8) is 0 Å². The Morgan fingerprint density at radius 2 is 1.91 bits per heavy atom. The van der Waals surface area contributed by atoms with Gasteiger partial charge in [-0.3, -0.25) is 0 Å². The Hall–Kier alpha value is -2.18. The van der Waals surface area contributed by atoms with Crippen LogP contribution in [0, 0.1) is 0 Å². The van der Waals surface area contributed by atoms with Gasteiger partial charge in [-0.25, -0.2) is 18.1 Å². The number of hydrogen-bond donors (Lipinski definition) is 1. The molecule has 22 heavy (non-hydrogen) atoms. The van der Waals surface area contributed by atoms with E-state index in [1.807, 2.05) is 41.1 Å². The summed E-state index contributed by atoms with van der Waals surface area (Å²) in [5, 5.41) is 1.66. The molecule has 2 aromatic carbocycles. The first kappa shape index (κ1) is 14.7. The van der Waals surface area contributed by atoms with Crippen LogP contribution in [0.3, 0.4) is 0 Å². The average Bonchev–Trinajstić information content (AvgIpc) is 3.04. The van der Waals surface area contributed by atoms with E-state index in [-0.39, 0.29) is 0 Å². The van der Waals surface area contributed by atoms with Crippen LogP contribution in [0.2, 0.25) is 0 Å². The van der Waals surface area contributed by atoms with Crippen molar-refractivity contribution < 1.29 is 8.42 Å². The van der Waals surface area contributed by atoms with Crippen LogP contribution < -0.4 is 4.72 Å². The zero-order valence-corrected chi connectivity index (χ0v) is 12.8. The van der Waals surface area contributed by atoms with E-state index >= 15 is 0 Å². The molecule has 0 aliphatic heterocycles. The lowest BCUT2D eigenvalue weighted by molar-refractivity contribution is 0.570. The Labute approximate surface area is 129 Å². The van der Waals surface area contributed by atoms with Crippen molar-refractivity contribution in [2.75, 3.05) is 6.54 Å². The number of nitrogens with one attached hydrogen (secondary N) is 1. The molecule has 0 unspecified atom stereocenters. The van der Waals surface area contributed by atoms with Crippen molar-refractivity contribution in [3.05, 3.63) is 61.2 Å². The van der Waals surface area contributed by atoms with Gasteiger partial charge < -0.3 is 4.57 Å². The fraction of sp³-hybridized carbons (Fsp3) is 0.188. The maximum atomic E-state index is 12.5. The molecule has 0 bridgehead atoms. The van der Waals surface area contributed by atoms with Crippen molar-refractivity contribution in [2.45, 2.75) is 17.9 Å². The van der Waals surface area contributed by atoms with Crippen LogP contribution >= 0.6 is 0 Å². The molecule has 0 amide bonds. The SMILES string of the molecule is O=S(=O)(NCCCn1ccnc1)c1cccc2ccccc12. The minimum atomic E-state index is -3.50. The molecule has 6 heteroatoms. The number of nitrogens with zero attached hydrogens (tertiary/aromatic N) is 2. The topological polar surface area (TPSA) is 64.0 Å². The summed E-state index contributed by atoms with van der Waals surface area (Å²) in [5.41, 5.74) is 0. The minimum absolute atomic E-state index is 0.327. The second-order valence-corrected chi connectivity index (χ2v) is 6.76. The Kier molecular flexibility index (Phi) is 4.22. The molecule has 1 heterocycles. The first-order valence-corrected chi connectivity index (χ1v) is 8.58. The van der Waals surface area contributed by atoms with Gasteiger partial charge in [0.15, 0.2) is 0 Å². The van der Waals surface area contributed by atoms with Crippen LogP contribution in [-0.4, -0.2) is 24.5 Å². The number of sulfonamides is 1. The Morgan fingerprint density at radius 1 is 1.09 bits per heavy atom. The lowest BCUT2D eigenvalue weighted by atomic mass is 10.1. The minimum Gasteiger partial charge on any atom is -0.337 e. The summed E-state index contributed by atoms with van der Waals surface area (Å²) in [7, 11) is -3.50. The van der Waals surface area contributed by atoms with Gasteiger partial charge in [-0.05, 0) is 17.9 Å². The number of fused-ring (bicyclic) bond motifs is 1. The smallest absolute Gasteiger partial charge is 0.241 e. The molecule has 0 aliphatic rings. The molecule has 0 radical (unpaired) electrons. The highest BCUT2D eigenvalue weighted by Crippen LogP contribution is 2.22. The maximum Gasteiger partial charge on any atom is 0.241 e. The van der Waals surface area contributed by atoms with E-state index in [1.54, 1.807) is 24.7 Å². The highest BCUT2D eigenvalue weighted by Gasteiger charge is 2.16. The first-order chi connectivity index (χ1) is 10.7. The van der Waals surface area contributed by atoms with E-state index in [0.29, 0.717) is 17.9 Å². The van der Waals surface area contributed by atoms with Crippen LogP contribution in [0.1, 0.15) is 6.42 Å². The van der Waals surface area contributed by atoms with Crippen LogP contribution in [0.5, 0.6) is 0 Å². The predicted molar refractivity (Wildman–Crippen MR) is 86.0 cm³/mol. The summed E-state index contributed by atoms with van der Waals surface area (Å²) >= 11 is 0. The maximum absolute atomic E-state index is 12.5. The van der Waals surface area contributed by atoms with Crippen molar-refractivity contribution >= 4 is 20.8 Å². The summed E-state index contributed by atoms with van der Waals surface area (Å²) in [6.45, 7) is 1.13. The van der Waals surface area contributed by atoms with Crippen LogP contribution in [0.15, 0.2) is 66.1 Å². The summed E-state index contributed by atoms with van der Waals surface area (Å²) in [6, 6.07) is 12.8. The Morgan fingerprint density at radius 3 is 2.73 bits per heavy atom. The van der Waals surface area contributed by atoms with Crippen molar-refractivity contribution in [1.82, 2.24) is 14.3 Å². The predicted octanol–water partition coefficient (Wildman–Crippen LogP) is 2.40. The summed E-state index contributed by atoms with van der Waals surface area (Å²) in [6.07, 6.45) is 6.00. The molecule has 114 valence electrons. The molecule has 0 fully saturated rings. The van der Waals surface area contributed by atoms with E-state index in [2.05, 4.69) is 9.71 Å².